The van der Waals surface area contributed by atoms with Crippen molar-refractivity contribution in [1.82, 2.24) is 4.90 Å². The average molecular weight is 324 g/mol. The van der Waals surface area contributed by atoms with Crippen LogP contribution in [0.1, 0.15) is 5.56 Å². The van der Waals surface area contributed by atoms with Crippen LogP contribution in [0.3, 0.4) is 0 Å². The highest BCUT2D eigenvalue weighted by molar-refractivity contribution is 9.10. The molecule has 2 bridgehead atoms. The van der Waals surface area contributed by atoms with E-state index in [9.17, 15) is 0 Å². The lowest BCUT2D eigenvalue weighted by Gasteiger charge is -2.49. The second-order valence-electron chi connectivity index (χ2n) is 6.16. The Morgan fingerprint density at radius 3 is 2.37 bits per heavy atom. The fourth-order valence-corrected chi connectivity index (χ4v) is 3.79. The van der Waals surface area contributed by atoms with Crippen molar-refractivity contribution in [1.29, 1.82) is 0 Å². The van der Waals surface area contributed by atoms with Gasteiger partial charge >= 0.3 is 0 Å². The fourth-order valence-electron chi connectivity index (χ4n) is 3.54. The van der Waals surface area contributed by atoms with E-state index in [0.29, 0.717) is 17.9 Å². The quantitative estimate of drug-likeness (QED) is 0.858. The van der Waals surface area contributed by atoms with Gasteiger partial charge in [-0.2, -0.15) is 0 Å². The van der Waals surface area contributed by atoms with Crippen molar-refractivity contribution >= 4 is 21.6 Å². The van der Waals surface area contributed by atoms with E-state index in [1.54, 1.807) is 0 Å². The number of nitrogens with two attached hydrogens (primary N) is 1. The molecule has 3 rings (SSSR count). The lowest BCUT2D eigenvalue weighted by Crippen LogP contribution is -2.62. The molecule has 2 fully saturated rings. The van der Waals surface area contributed by atoms with Crippen molar-refractivity contribution in [2.24, 2.45) is 17.6 Å². The third-order valence-electron chi connectivity index (χ3n) is 4.60. The number of nitrogens with zero attached hydrogens (tertiary/aromatic N) is 2. The molecule has 0 aromatic heterocycles. The van der Waals surface area contributed by atoms with Crippen LogP contribution in [0.5, 0.6) is 0 Å². The van der Waals surface area contributed by atoms with Gasteiger partial charge in [0.1, 0.15) is 0 Å². The molecule has 2 aliphatic heterocycles. The predicted octanol–water partition coefficient (Wildman–Crippen LogP) is 2.08. The van der Waals surface area contributed by atoms with Crippen molar-refractivity contribution in [3.8, 4) is 0 Å². The van der Waals surface area contributed by atoms with Gasteiger partial charge in [-0.3, -0.25) is 0 Å². The minimum Gasteiger partial charge on any atom is -0.371 e. The molecule has 3 nitrogen and oxygen atoms in total. The third-order valence-corrected chi connectivity index (χ3v) is 5.49. The van der Waals surface area contributed by atoms with Crippen LogP contribution in [-0.4, -0.2) is 44.2 Å². The summed E-state index contributed by atoms with van der Waals surface area (Å²) >= 11 is 3.57. The van der Waals surface area contributed by atoms with Crippen LogP contribution in [0.25, 0.3) is 0 Å². The molecular weight excluding hydrogens is 302 g/mol. The summed E-state index contributed by atoms with van der Waals surface area (Å²) in [6.45, 7) is 6.58. The number of piperidine rings is 2. The van der Waals surface area contributed by atoms with Gasteiger partial charge < -0.3 is 15.5 Å². The fraction of sp³-hybridized carbons (Fsp3) is 0.600. The molecule has 0 amide bonds. The molecule has 0 aliphatic carbocycles. The maximum Gasteiger partial charge on any atom is 0.0369 e. The Morgan fingerprint density at radius 2 is 1.79 bits per heavy atom. The highest BCUT2D eigenvalue weighted by atomic mass is 79.9. The van der Waals surface area contributed by atoms with Gasteiger partial charge in [0.15, 0.2) is 0 Å². The summed E-state index contributed by atoms with van der Waals surface area (Å²) in [4.78, 5) is 4.95. The third kappa shape index (κ3) is 2.54. The van der Waals surface area contributed by atoms with Crippen LogP contribution < -0.4 is 10.6 Å². The van der Waals surface area contributed by atoms with E-state index in [1.165, 1.54) is 15.7 Å². The largest absolute Gasteiger partial charge is 0.371 e. The molecule has 104 valence electrons. The molecule has 1 aromatic carbocycles. The lowest BCUT2D eigenvalue weighted by atomic mass is 9.80. The van der Waals surface area contributed by atoms with Crippen LogP contribution in [0.15, 0.2) is 22.7 Å². The van der Waals surface area contributed by atoms with Gasteiger partial charge in [0, 0.05) is 54.2 Å². The first-order valence-electron chi connectivity index (χ1n) is 7.00. The Bertz CT molecular complexity index is 460. The van der Waals surface area contributed by atoms with Crippen LogP contribution in [0, 0.1) is 18.8 Å². The topological polar surface area (TPSA) is 32.5 Å². The highest BCUT2D eigenvalue weighted by Crippen LogP contribution is 2.31. The Balaban J connectivity index is 1.82. The van der Waals surface area contributed by atoms with Gasteiger partial charge in [0.2, 0.25) is 0 Å². The smallest absolute Gasteiger partial charge is 0.0369 e. The number of anilines is 1. The van der Waals surface area contributed by atoms with Gasteiger partial charge in [-0.1, -0.05) is 15.9 Å². The standard InChI is InChI=1S/C15H22BrN3/c1-10-5-13(3-4-14(10)16)19-8-11-6-18(2)7-12(9-19)15(11)17/h3-5,11-12,15H,6-9,17H2,1-2H3. The molecule has 2 saturated heterocycles. The monoisotopic (exact) mass is 323 g/mol. The Kier molecular flexibility index (Phi) is 3.58. The number of halogens is 1. The molecule has 0 spiro atoms. The zero-order chi connectivity index (χ0) is 13.6. The molecule has 2 N–H and O–H groups in total. The SMILES string of the molecule is Cc1cc(N2CC3CN(C)CC(C2)C3N)ccc1Br. The van der Waals surface area contributed by atoms with E-state index < -0.39 is 0 Å². The summed E-state index contributed by atoms with van der Waals surface area (Å²) in [6.07, 6.45) is 0. The van der Waals surface area contributed by atoms with Crippen molar-refractivity contribution in [3.63, 3.8) is 0 Å². The number of likely N-dealkylation sites (tertiary alicyclic amines) is 1. The minimum absolute atomic E-state index is 0.379. The number of hydrogen-bond donors (Lipinski definition) is 1. The van der Waals surface area contributed by atoms with E-state index >= 15 is 0 Å². The zero-order valence-electron chi connectivity index (χ0n) is 11.6. The van der Waals surface area contributed by atoms with Crippen molar-refractivity contribution in [3.05, 3.63) is 28.2 Å². The number of benzene rings is 1. The van der Waals surface area contributed by atoms with Crippen molar-refractivity contribution in [2.45, 2.75) is 13.0 Å². The summed E-state index contributed by atoms with van der Waals surface area (Å²) < 4.78 is 1.19. The van der Waals surface area contributed by atoms with Crippen LogP contribution >= 0.6 is 15.9 Å². The van der Waals surface area contributed by atoms with Gasteiger partial charge in [0.25, 0.3) is 0 Å². The van der Waals surface area contributed by atoms with E-state index in [-0.39, 0.29) is 0 Å². The van der Waals surface area contributed by atoms with E-state index in [2.05, 4.69) is 57.9 Å². The molecule has 4 heteroatoms. The van der Waals surface area contributed by atoms with Crippen LogP contribution in [0.4, 0.5) is 5.69 Å². The second kappa shape index (κ2) is 5.08. The summed E-state index contributed by atoms with van der Waals surface area (Å²) in [5.41, 5.74) is 9.02. The minimum atomic E-state index is 0.379. The maximum absolute atomic E-state index is 6.38. The second-order valence-corrected chi connectivity index (χ2v) is 7.01. The summed E-state index contributed by atoms with van der Waals surface area (Å²) in [5.74, 6) is 1.20. The normalized spacial score (nSPS) is 31.6. The Morgan fingerprint density at radius 1 is 1.16 bits per heavy atom. The summed E-state index contributed by atoms with van der Waals surface area (Å²) in [7, 11) is 2.21. The first-order valence-corrected chi connectivity index (χ1v) is 7.79. The number of aryl methyl sites for hydroxylation is 1. The van der Waals surface area contributed by atoms with Gasteiger partial charge in [-0.05, 0) is 37.7 Å². The first-order chi connectivity index (χ1) is 9.04. The van der Waals surface area contributed by atoms with Gasteiger partial charge in [0.05, 0.1) is 0 Å². The van der Waals surface area contributed by atoms with Gasteiger partial charge in [-0.25, -0.2) is 0 Å². The van der Waals surface area contributed by atoms with Crippen LogP contribution in [0.2, 0.25) is 0 Å². The summed E-state index contributed by atoms with van der Waals surface area (Å²) in [5, 5.41) is 0. The lowest BCUT2D eigenvalue weighted by molar-refractivity contribution is 0.107. The number of hydrogen-bond acceptors (Lipinski definition) is 3. The van der Waals surface area contributed by atoms with Gasteiger partial charge in [-0.15, -0.1) is 0 Å². The molecule has 2 unspecified atom stereocenters. The van der Waals surface area contributed by atoms with Crippen molar-refractivity contribution in [2.75, 3.05) is 38.1 Å². The predicted molar refractivity (Wildman–Crippen MR) is 83.5 cm³/mol. The molecule has 2 aliphatic rings. The summed E-state index contributed by atoms with van der Waals surface area (Å²) in [6, 6.07) is 7.03. The Hall–Kier alpha value is -0.580. The molecule has 1 aromatic rings. The van der Waals surface area contributed by atoms with E-state index in [4.69, 9.17) is 5.73 Å². The molecule has 0 saturated carbocycles. The Labute approximate surface area is 123 Å². The number of rotatable bonds is 1. The zero-order valence-corrected chi connectivity index (χ0v) is 13.2. The molecule has 2 atom stereocenters. The van der Waals surface area contributed by atoms with Crippen molar-refractivity contribution < 1.29 is 0 Å². The molecule has 0 radical (unpaired) electrons. The van der Waals surface area contributed by atoms with E-state index in [1.807, 2.05) is 0 Å². The number of fused-ring (bicyclic) bond motifs is 2. The molecular formula is C15H22BrN3. The van der Waals surface area contributed by atoms with E-state index in [0.717, 1.165) is 26.2 Å². The average Bonchev–Trinajstić information content (AvgIpc) is 2.34. The first kappa shape index (κ1) is 13.4. The molecule has 19 heavy (non-hydrogen) atoms. The highest BCUT2D eigenvalue weighted by Gasteiger charge is 2.39. The van der Waals surface area contributed by atoms with Crippen LogP contribution in [-0.2, 0) is 0 Å². The maximum atomic E-state index is 6.38. The molecule has 2 heterocycles.